The third kappa shape index (κ3) is 7.18. The van der Waals surface area contributed by atoms with Gasteiger partial charge in [-0.2, -0.15) is 0 Å². The van der Waals surface area contributed by atoms with Crippen LogP contribution in [0.2, 0.25) is 0 Å². The molecule has 0 aliphatic carbocycles. The Balaban J connectivity index is 0.00000312. The lowest BCUT2D eigenvalue weighted by Gasteiger charge is -2.37. The minimum Gasteiger partial charge on any atom is -0.384 e. The molecule has 0 unspecified atom stereocenters. The van der Waals surface area contributed by atoms with Gasteiger partial charge < -0.3 is 15.4 Å². The number of halogens is 1. The van der Waals surface area contributed by atoms with Crippen LogP contribution in [0.1, 0.15) is 38.2 Å². The molecular formula is C19H31ClN2O2S. The van der Waals surface area contributed by atoms with E-state index in [9.17, 15) is 4.79 Å². The fourth-order valence-electron chi connectivity index (χ4n) is 3.07. The zero-order chi connectivity index (χ0) is 17.4. The number of methoxy groups -OCH3 is 1. The summed E-state index contributed by atoms with van der Waals surface area (Å²) in [5, 5.41) is 6.48. The van der Waals surface area contributed by atoms with Crippen LogP contribution in [0.3, 0.4) is 0 Å². The van der Waals surface area contributed by atoms with Crippen molar-refractivity contribution in [3.05, 3.63) is 29.8 Å². The molecule has 2 rings (SSSR count). The maximum atomic E-state index is 12.2. The Hall–Kier alpha value is -0.750. The number of carbonyl (C=O) groups is 1. The molecule has 1 fully saturated rings. The van der Waals surface area contributed by atoms with Gasteiger partial charge in [-0.05, 0) is 49.5 Å². The lowest BCUT2D eigenvalue weighted by Crippen LogP contribution is -2.47. The number of thioether (sulfide) groups is 1. The number of benzene rings is 1. The summed E-state index contributed by atoms with van der Waals surface area (Å²) in [6.07, 6.45) is 2.09. The molecule has 2 N–H and O–H groups in total. The standard InChI is InChI=1S/C19H30N2O2S.ClH/c1-15(2)16-4-6-17(7-5-16)24-12-18(22)21-13-19(14-23-3)8-10-20-11-9-19;/h4-7,15,20H,8-14H2,1-3H3,(H,21,22);1H. The van der Waals surface area contributed by atoms with E-state index in [1.54, 1.807) is 18.9 Å². The number of rotatable bonds is 8. The molecule has 1 aromatic rings. The van der Waals surface area contributed by atoms with Crippen LogP contribution >= 0.6 is 24.2 Å². The van der Waals surface area contributed by atoms with Crippen LogP contribution < -0.4 is 10.6 Å². The highest BCUT2D eigenvalue weighted by Crippen LogP contribution is 2.28. The van der Waals surface area contributed by atoms with Gasteiger partial charge in [-0.3, -0.25) is 4.79 Å². The molecule has 142 valence electrons. The molecule has 0 aromatic heterocycles. The van der Waals surface area contributed by atoms with Crippen molar-refractivity contribution in [3.8, 4) is 0 Å². The summed E-state index contributed by atoms with van der Waals surface area (Å²) < 4.78 is 5.39. The van der Waals surface area contributed by atoms with E-state index in [0.29, 0.717) is 24.8 Å². The highest BCUT2D eigenvalue weighted by atomic mass is 35.5. The molecule has 1 saturated heterocycles. The van der Waals surface area contributed by atoms with Gasteiger partial charge in [0, 0.05) is 24.0 Å². The molecule has 0 radical (unpaired) electrons. The summed E-state index contributed by atoms with van der Waals surface area (Å²) in [7, 11) is 1.74. The number of nitrogens with one attached hydrogen (secondary N) is 2. The van der Waals surface area contributed by atoms with Gasteiger partial charge in [-0.1, -0.05) is 26.0 Å². The summed E-state index contributed by atoms with van der Waals surface area (Å²) in [5.41, 5.74) is 1.41. The molecule has 1 aliphatic rings. The Bertz CT molecular complexity index is 511. The summed E-state index contributed by atoms with van der Waals surface area (Å²) >= 11 is 1.59. The molecular weight excluding hydrogens is 356 g/mol. The number of amides is 1. The zero-order valence-electron chi connectivity index (χ0n) is 15.5. The predicted octanol–water partition coefficient (Wildman–Crippen LogP) is 3.46. The van der Waals surface area contributed by atoms with Crippen molar-refractivity contribution in [2.24, 2.45) is 5.41 Å². The molecule has 0 atom stereocenters. The Morgan fingerprint density at radius 2 is 1.92 bits per heavy atom. The summed E-state index contributed by atoms with van der Waals surface area (Å²) in [4.78, 5) is 13.3. The van der Waals surface area contributed by atoms with Gasteiger partial charge in [0.2, 0.25) is 5.91 Å². The number of hydrogen-bond donors (Lipinski definition) is 2. The zero-order valence-corrected chi connectivity index (χ0v) is 17.1. The van der Waals surface area contributed by atoms with Gasteiger partial charge in [0.15, 0.2) is 0 Å². The number of hydrogen-bond acceptors (Lipinski definition) is 4. The summed E-state index contributed by atoms with van der Waals surface area (Å²) in [6, 6.07) is 8.50. The third-order valence-corrected chi connectivity index (χ3v) is 5.70. The monoisotopic (exact) mass is 386 g/mol. The fourth-order valence-corrected chi connectivity index (χ4v) is 3.80. The van der Waals surface area contributed by atoms with Crippen molar-refractivity contribution < 1.29 is 9.53 Å². The van der Waals surface area contributed by atoms with Crippen molar-refractivity contribution in [1.29, 1.82) is 0 Å². The van der Waals surface area contributed by atoms with Crippen molar-refractivity contribution >= 4 is 30.1 Å². The molecule has 1 amide bonds. The van der Waals surface area contributed by atoms with Gasteiger partial charge in [0.25, 0.3) is 0 Å². The van der Waals surface area contributed by atoms with Gasteiger partial charge in [0.1, 0.15) is 0 Å². The molecule has 25 heavy (non-hydrogen) atoms. The third-order valence-electron chi connectivity index (χ3n) is 4.69. The maximum Gasteiger partial charge on any atom is 0.230 e. The lowest BCUT2D eigenvalue weighted by molar-refractivity contribution is -0.119. The van der Waals surface area contributed by atoms with Crippen LogP contribution in [0, 0.1) is 5.41 Å². The van der Waals surface area contributed by atoms with E-state index in [4.69, 9.17) is 4.74 Å². The SMILES string of the molecule is COCC1(CNC(=O)CSc2ccc(C(C)C)cc2)CCNCC1.Cl. The van der Waals surface area contributed by atoms with E-state index >= 15 is 0 Å². The van der Waals surface area contributed by atoms with Crippen molar-refractivity contribution in [2.45, 2.75) is 37.5 Å². The highest BCUT2D eigenvalue weighted by molar-refractivity contribution is 8.00. The first kappa shape index (κ1) is 22.3. The first-order valence-electron chi connectivity index (χ1n) is 8.74. The van der Waals surface area contributed by atoms with Crippen LogP contribution in [-0.2, 0) is 9.53 Å². The normalized spacial score (nSPS) is 16.3. The van der Waals surface area contributed by atoms with Crippen LogP contribution in [0.5, 0.6) is 0 Å². The Morgan fingerprint density at radius 1 is 1.28 bits per heavy atom. The molecule has 1 aliphatic heterocycles. The Kier molecular flexibility index (Phi) is 9.87. The maximum absolute atomic E-state index is 12.2. The number of ether oxygens (including phenoxy) is 1. The van der Waals surface area contributed by atoms with Crippen LogP contribution in [0.15, 0.2) is 29.2 Å². The fraction of sp³-hybridized carbons (Fsp3) is 0.632. The van der Waals surface area contributed by atoms with E-state index in [2.05, 4.69) is 48.7 Å². The van der Waals surface area contributed by atoms with Crippen LogP contribution in [0.25, 0.3) is 0 Å². The second kappa shape index (κ2) is 11.1. The second-order valence-electron chi connectivity index (χ2n) is 6.97. The van der Waals surface area contributed by atoms with Crippen molar-refractivity contribution in [2.75, 3.05) is 39.1 Å². The average molecular weight is 387 g/mol. The summed E-state index contributed by atoms with van der Waals surface area (Å²) in [5.74, 6) is 1.10. The Morgan fingerprint density at radius 3 is 2.48 bits per heavy atom. The second-order valence-corrected chi connectivity index (χ2v) is 8.02. The predicted molar refractivity (Wildman–Crippen MR) is 108 cm³/mol. The minimum absolute atomic E-state index is 0. The quantitative estimate of drug-likeness (QED) is 0.672. The lowest BCUT2D eigenvalue weighted by atomic mass is 9.79. The average Bonchev–Trinajstić information content (AvgIpc) is 2.60. The van der Waals surface area contributed by atoms with Crippen molar-refractivity contribution in [3.63, 3.8) is 0 Å². The molecule has 1 heterocycles. The molecule has 0 saturated carbocycles. The number of piperidine rings is 1. The van der Waals surface area contributed by atoms with E-state index in [0.717, 1.165) is 30.8 Å². The van der Waals surface area contributed by atoms with E-state index in [1.807, 2.05) is 0 Å². The molecule has 0 spiro atoms. The van der Waals surface area contributed by atoms with Gasteiger partial charge in [0.05, 0.1) is 12.4 Å². The van der Waals surface area contributed by atoms with E-state index in [1.165, 1.54) is 5.56 Å². The van der Waals surface area contributed by atoms with E-state index < -0.39 is 0 Å². The van der Waals surface area contributed by atoms with Crippen LogP contribution in [-0.4, -0.2) is 45.0 Å². The first-order chi connectivity index (χ1) is 11.5. The highest BCUT2D eigenvalue weighted by Gasteiger charge is 2.32. The number of carbonyl (C=O) groups excluding carboxylic acids is 1. The first-order valence-corrected chi connectivity index (χ1v) is 9.72. The molecule has 1 aromatic carbocycles. The van der Waals surface area contributed by atoms with Gasteiger partial charge in [-0.15, -0.1) is 24.2 Å². The topological polar surface area (TPSA) is 50.4 Å². The molecule has 4 nitrogen and oxygen atoms in total. The van der Waals surface area contributed by atoms with E-state index in [-0.39, 0.29) is 23.7 Å². The molecule has 0 bridgehead atoms. The largest absolute Gasteiger partial charge is 0.384 e. The Labute approximate surface area is 162 Å². The van der Waals surface area contributed by atoms with Gasteiger partial charge >= 0.3 is 0 Å². The molecule has 6 heteroatoms. The smallest absolute Gasteiger partial charge is 0.230 e. The van der Waals surface area contributed by atoms with Crippen molar-refractivity contribution in [1.82, 2.24) is 10.6 Å². The minimum atomic E-state index is 0. The summed E-state index contributed by atoms with van der Waals surface area (Å²) in [6.45, 7) is 7.78. The van der Waals surface area contributed by atoms with Crippen LogP contribution in [0.4, 0.5) is 0 Å². The van der Waals surface area contributed by atoms with Gasteiger partial charge in [-0.25, -0.2) is 0 Å².